The maximum Gasteiger partial charge on any atom is 0.220 e. The first kappa shape index (κ1) is 20.7. The number of amides is 1. The fourth-order valence-electron chi connectivity index (χ4n) is 4.52. The molecular weight excluding hydrogens is 370 g/mol. The van der Waals surface area contributed by atoms with Crippen LogP contribution in [0, 0.1) is 5.92 Å². The summed E-state index contributed by atoms with van der Waals surface area (Å²) in [6.45, 7) is 6.40. The second-order valence-electron chi connectivity index (χ2n) is 8.79. The van der Waals surface area contributed by atoms with Crippen molar-refractivity contribution in [1.29, 1.82) is 0 Å². The number of carbonyl (C=O) groups excluding carboxylic acids is 1. The predicted molar refractivity (Wildman–Crippen MR) is 123 cm³/mol. The van der Waals surface area contributed by atoms with Crippen LogP contribution >= 0.6 is 0 Å². The van der Waals surface area contributed by atoms with E-state index in [2.05, 4.69) is 70.8 Å². The highest BCUT2D eigenvalue weighted by Gasteiger charge is 2.16. The Labute approximate surface area is 179 Å². The minimum atomic E-state index is 0.126. The molecule has 2 heterocycles. The maximum absolute atomic E-state index is 12.2. The summed E-state index contributed by atoms with van der Waals surface area (Å²) in [5.41, 5.74) is 4.97. The van der Waals surface area contributed by atoms with E-state index in [4.69, 9.17) is 0 Å². The third kappa shape index (κ3) is 5.51. The van der Waals surface area contributed by atoms with Crippen LogP contribution in [0.1, 0.15) is 49.3 Å². The molecule has 0 spiro atoms. The molecule has 1 aliphatic rings. The Bertz CT molecular complexity index is 960. The van der Waals surface area contributed by atoms with Gasteiger partial charge in [0, 0.05) is 43.2 Å². The van der Waals surface area contributed by atoms with Crippen LogP contribution in [0.25, 0.3) is 10.9 Å². The van der Waals surface area contributed by atoms with Crippen LogP contribution in [0.5, 0.6) is 0 Å². The summed E-state index contributed by atoms with van der Waals surface area (Å²) in [7, 11) is 0. The highest BCUT2D eigenvalue weighted by Crippen LogP contribution is 2.20. The number of aromatic amines is 1. The summed E-state index contributed by atoms with van der Waals surface area (Å²) in [4.78, 5) is 18.1. The minimum Gasteiger partial charge on any atom is -0.361 e. The van der Waals surface area contributed by atoms with Gasteiger partial charge in [-0.3, -0.25) is 9.69 Å². The molecule has 1 atom stereocenters. The van der Waals surface area contributed by atoms with Gasteiger partial charge in [-0.05, 0) is 60.9 Å². The average Bonchev–Trinajstić information content (AvgIpc) is 3.17. The number of rotatable bonds is 8. The normalized spacial score (nSPS) is 17.3. The molecule has 158 valence electrons. The van der Waals surface area contributed by atoms with E-state index >= 15 is 0 Å². The molecule has 3 aromatic rings. The lowest BCUT2D eigenvalue weighted by molar-refractivity contribution is -0.121. The minimum absolute atomic E-state index is 0.126. The summed E-state index contributed by atoms with van der Waals surface area (Å²) >= 11 is 0. The van der Waals surface area contributed by atoms with E-state index in [0.29, 0.717) is 13.0 Å². The zero-order valence-corrected chi connectivity index (χ0v) is 18.0. The van der Waals surface area contributed by atoms with Crippen LogP contribution < -0.4 is 5.32 Å². The molecule has 1 amide bonds. The number of H-pyrrole nitrogens is 1. The van der Waals surface area contributed by atoms with E-state index in [0.717, 1.165) is 36.4 Å². The van der Waals surface area contributed by atoms with E-state index in [9.17, 15) is 4.79 Å². The summed E-state index contributed by atoms with van der Waals surface area (Å²) in [6.07, 6.45) is 7.07. The van der Waals surface area contributed by atoms with Gasteiger partial charge in [0.25, 0.3) is 0 Å². The number of aryl methyl sites for hydroxylation is 1. The fraction of sp³-hybridized carbons (Fsp3) is 0.423. The van der Waals surface area contributed by atoms with Crippen molar-refractivity contribution >= 4 is 16.8 Å². The number of aromatic nitrogens is 1. The van der Waals surface area contributed by atoms with Crippen molar-refractivity contribution in [2.45, 2.75) is 52.1 Å². The number of fused-ring (bicyclic) bond motifs is 1. The largest absolute Gasteiger partial charge is 0.361 e. The molecule has 1 saturated heterocycles. The number of nitrogens with zero attached hydrogens (tertiary/aromatic N) is 1. The summed E-state index contributed by atoms with van der Waals surface area (Å²) in [5, 5.41) is 4.33. The van der Waals surface area contributed by atoms with E-state index in [-0.39, 0.29) is 5.91 Å². The first-order chi connectivity index (χ1) is 14.7. The Morgan fingerprint density at radius 2 is 1.93 bits per heavy atom. The number of piperidine rings is 1. The molecule has 4 nitrogen and oxygen atoms in total. The Morgan fingerprint density at radius 3 is 2.77 bits per heavy atom. The highest BCUT2D eigenvalue weighted by molar-refractivity contribution is 5.83. The lowest BCUT2D eigenvalue weighted by Crippen LogP contribution is -2.33. The predicted octanol–water partition coefficient (Wildman–Crippen LogP) is 5.04. The van der Waals surface area contributed by atoms with Crippen molar-refractivity contribution in [3.63, 3.8) is 0 Å². The highest BCUT2D eigenvalue weighted by atomic mass is 16.1. The molecule has 1 fully saturated rings. The van der Waals surface area contributed by atoms with Crippen molar-refractivity contribution in [1.82, 2.24) is 15.2 Å². The lowest BCUT2D eigenvalue weighted by atomic mass is 9.99. The van der Waals surface area contributed by atoms with Crippen LogP contribution in [-0.4, -0.2) is 28.9 Å². The van der Waals surface area contributed by atoms with E-state index in [1.54, 1.807) is 0 Å². The topological polar surface area (TPSA) is 48.1 Å². The van der Waals surface area contributed by atoms with Crippen molar-refractivity contribution < 1.29 is 4.79 Å². The molecule has 1 aliphatic heterocycles. The molecule has 4 rings (SSSR count). The molecule has 2 aromatic carbocycles. The molecule has 2 N–H and O–H groups in total. The fourth-order valence-corrected chi connectivity index (χ4v) is 4.52. The molecule has 0 aliphatic carbocycles. The molecule has 0 bridgehead atoms. The molecule has 1 aromatic heterocycles. The molecule has 0 radical (unpaired) electrons. The van der Waals surface area contributed by atoms with Gasteiger partial charge in [-0.15, -0.1) is 0 Å². The van der Waals surface area contributed by atoms with Gasteiger partial charge in [-0.2, -0.15) is 0 Å². The van der Waals surface area contributed by atoms with Gasteiger partial charge in [0.05, 0.1) is 0 Å². The number of hydrogen-bond donors (Lipinski definition) is 2. The Morgan fingerprint density at radius 1 is 1.13 bits per heavy atom. The number of carbonyl (C=O) groups is 1. The summed E-state index contributed by atoms with van der Waals surface area (Å²) < 4.78 is 0. The van der Waals surface area contributed by atoms with Crippen LogP contribution in [0.2, 0.25) is 0 Å². The monoisotopic (exact) mass is 403 g/mol. The number of benzene rings is 2. The average molecular weight is 404 g/mol. The molecule has 1 unspecified atom stereocenters. The third-order valence-corrected chi connectivity index (χ3v) is 6.18. The standard InChI is InChI=1S/C26H33N3O/c1-20-6-5-15-29(18-20)19-22-13-11-21(12-14-22)16-28-26(30)10-4-7-23-17-27-25-9-3-2-8-24(23)25/h2-3,8-9,11-14,17,20,27H,4-7,10,15-16,18-19H2,1H3,(H,28,30). The van der Waals surface area contributed by atoms with Crippen LogP contribution in [-0.2, 0) is 24.3 Å². The zero-order chi connectivity index (χ0) is 20.8. The van der Waals surface area contributed by atoms with E-state index in [1.165, 1.54) is 42.4 Å². The van der Waals surface area contributed by atoms with Crippen LogP contribution in [0.4, 0.5) is 0 Å². The van der Waals surface area contributed by atoms with Crippen molar-refractivity contribution in [2.24, 2.45) is 5.92 Å². The van der Waals surface area contributed by atoms with Crippen LogP contribution in [0.3, 0.4) is 0 Å². The van der Waals surface area contributed by atoms with Gasteiger partial charge in [-0.1, -0.05) is 49.4 Å². The van der Waals surface area contributed by atoms with Crippen molar-refractivity contribution in [3.8, 4) is 0 Å². The maximum atomic E-state index is 12.2. The van der Waals surface area contributed by atoms with Gasteiger partial charge < -0.3 is 10.3 Å². The molecule has 30 heavy (non-hydrogen) atoms. The number of likely N-dealkylation sites (tertiary alicyclic amines) is 1. The zero-order valence-electron chi connectivity index (χ0n) is 18.0. The number of nitrogens with one attached hydrogen (secondary N) is 2. The molecular formula is C26H33N3O. The lowest BCUT2D eigenvalue weighted by Gasteiger charge is -2.30. The van der Waals surface area contributed by atoms with Gasteiger partial charge in [0.2, 0.25) is 5.91 Å². The van der Waals surface area contributed by atoms with Crippen LogP contribution in [0.15, 0.2) is 54.7 Å². The number of para-hydroxylation sites is 1. The Kier molecular flexibility index (Phi) is 6.85. The second kappa shape index (κ2) is 9.94. The van der Waals surface area contributed by atoms with E-state index in [1.807, 2.05) is 6.07 Å². The Balaban J connectivity index is 1.18. The van der Waals surface area contributed by atoms with Gasteiger partial charge in [-0.25, -0.2) is 0 Å². The molecule has 4 heteroatoms. The first-order valence-electron chi connectivity index (χ1n) is 11.3. The summed E-state index contributed by atoms with van der Waals surface area (Å²) in [6, 6.07) is 17.0. The first-order valence-corrected chi connectivity index (χ1v) is 11.3. The quantitative estimate of drug-likeness (QED) is 0.554. The van der Waals surface area contributed by atoms with Gasteiger partial charge >= 0.3 is 0 Å². The van der Waals surface area contributed by atoms with Gasteiger partial charge in [0.1, 0.15) is 0 Å². The SMILES string of the molecule is CC1CCCN(Cc2ccc(CNC(=O)CCCc3c[nH]c4ccccc34)cc2)C1. The van der Waals surface area contributed by atoms with E-state index < -0.39 is 0 Å². The number of hydrogen-bond acceptors (Lipinski definition) is 2. The smallest absolute Gasteiger partial charge is 0.220 e. The third-order valence-electron chi connectivity index (χ3n) is 6.18. The molecule has 0 saturated carbocycles. The van der Waals surface area contributed by atoms with Gasteiger partial charge in [0.15, 0.2) is 0 Å². The van der Waals surface area contributed by atoms with Crippen molar-refractivity contribution in [2.75, 3.05) is 13.1 Å². The summed E-state index contributed by atoms with van der Waals surface area (Å²) in [5.74, 6) is 0.936. The van der Waals surface area contributed by atoms with Crippen molar-refractivity contribution in [3.05, 3.63) is 71.4 Å². The Hall–Kier alpha value is -2.59. The second-order valence-corrected chi connectivity index (χ2v) is 8.79.